The van der Waals surface area contributed by atoms with Gasteiger partial charge in [-0.15, -0.1) is 0 Å². The lowest BCUT2D eigenvalue weighted by Crippen LogP contribution is -2.46. The monoisotopic (exact) mass is 392 g/mol. The SMILES string of the molecule is COc1cccc(C2=NC(NC(=O)C3CCNCC3)C(=O)Nc3ccccc32)c1. The van der Waals surface area contributed by atoms with E-state index in [1.807, 2.05) is 48.5 Å². The third-order valence-corrected chi connectivity index (χ3v) is 5.28. The molecular formula is C22H24N4O3. The Kier molecular flexibility index (Phi) is 5.57. The molecule has 2 aromatic rings. The van der Waals surface area contributed by atoms with Crippen LogP contribution in [0.4, 0.5) is 5.69 Å². The molecule has 0 aromatic heterocycles. The van der Waals surface area contributed by atoms with E-state index in [0.29, 0.717) is 17.1 Å². The lowest BCUT2D eigenvalue weighted by molar-refractivity contribution is -0.129. The van der Waals surface area contributed by atoms with Crippen molar-refractivity contribution in [3.63, 3.8) is 0 Å². The van der Waals surface area contributed by atoms with Gasteiger partial charge in [-0.05, 0) is 44.1 Å². The van der Waals surface area contributed by atoms with Gasteiger partial charge in [-0.1, -0.05) is 30.3 Å². The second-order valence-electron chi connectivity index (χ2n) is 7.18. The number of anilines is 1. The maximum atomic E-state index is 12.8. The summed E-state index contributed by atoms with van der Waals surface area (Å²) in [6, 6.07) is 15.0. The van der Waals surface area contributed by atoms with Gasteiger partial charge in [0.25, 0.3) is 5.91 Å². The van der Waals surface area contributed by atoms with E-state index in [4.69, 9.17) is 4.74 Å². The number of ether oxygens (including phenoxy) is 1. The number of methoxy groups -OCH3 is 1. The molecule has 0 aliphatic carbocycles. The number of amides is 2. The van der Waals surface area contributed by atoms with Crippen LogP contribution >= 0.6 is 0 Å². The fraction of sp³-hybridized carbons (Fsp3) is 0.318. The van der Waals surface area contributed by atoms with E-state index in [2.05, 4.69) is 20.9 Å². The highest BCUT2D eigenvalue weighted by molar-refractivity contribution is 6.20. The number of fused-ring (bicyclic) bond motifs is 1. The van der Waals surface area contributed by atoms with Crippen LogP contribution in [0.15, 0.2) is 53.5 Å². The van der Waals surface area contributed by atoms with Gasteiger partial charge in [-0.25, -0.2) is 4.99 Å². The third-order valence-electron chi connectivity index (χ3n) is 5.28. The molecule has 2 heterocycles. The minimum Gasteiger partial charge on any atom is -0.497 e. The van der Waals surface area contributed by atoms with Crippen LogP contribution in [-0.4, -0.2) is 43.9 Å². The Labute approximate surface area is 169 Å². The summed E-state index contributed by atoms with van der Waals surface area (Å²) in [4.78, 5) is 30.2. The van der Waals surface area contributed by atoms with E-state index in [0.717, 1.165) is 37.1 Å². The summed E-state index contributed by atoms with van der Waals surface area (Å²) in [5, 5.41) is 8.99. The number of benzodiazepines with no additional fused rings is 1. The van der Waals surface area contributed by atoms with Crippen molar-refractivity contribution in [1.82, 2.24) is 10.6 Å². The van der Waals surface area contributed by atoms with Gasteiger partial charge in [0.15, 0.2) is 0 Å². The average Bonchev–Trinajstić information content (AvgIpc) is 2.91. The number of nitrogens with zero attached hydrogens (tertiary/aromatic N) is 1. The predicted octanol–water partition coefficient (Wildman–Crippen LogP) is 1.93. The van der Waals surface area contributed by atoms with Crippen molar-refractivity contribution < 1.29 is 14.3 Å². The molecule has 0 bridgehead atoms. The standard InChI is InChI=1S/C22H24N4O3/c1-29-16-6-4-5-15(13-16)19-17-7-2-3-8-18(17)24-22(28)20(25-19)26-21(27)14-9-11-23-12-10-14/h2-8,13-14,20,23H,9-12H2,1H3,(H,24,28)(H,26,27). The largest absolute Gasteiger partial charge is 0.497 e. The van der Waals surface area contributed by atoms with Crippen LogP contribution < -0.4 is 20.7 Å². The minimum absolute atomic E-state index is 0.106. The number of carbonyl (C=O) groups excluding carboxylic acids is 2. The molecule has 150 valence electrons. The number of piperidine rings is 1. The number of benzene rings is 2. The van der Waals surface area contributed by atoms with Crippen LogP contribution in [0.5, 0.6) is 5.75 Å². The van der Waals surface area contributed by atoms with Crippen molar-refractivity contribution >= 4 is 23.2 Å². The highest BCUT2D eigenvalue weighted by atomic mass is 16.5. The van der Waals surface area contributed by atoms with Gasteiger partial charge in [-0.3, -0.25) is 9.59 Å². The summed E-state index contributed by atoms with van der Waals surface area (Å²) in [5.74, 6) is 0.107. The normalized spacial score (nSPS) is 19.4. The molecular weight excluding hydrogens is 368 g/mol. The number of hydrogen-bond acceptors (Lipinski definition) is 5. The van der Waals surface area contributed by atoms with E-state index < -0.39 is 6.17 Å². The van der Waals surface area contributed by atoms with Crippen molar-refractivity contribution in [2.75, 3.05) is 25.5 Å². The summed E-state index contributed by atoms with van der Waals surface area (Å²) in [7, 11) is 1.61. The molecule has 29 heavy (non-hydrogen) atoms. The minimum atomic E-state index is -0.994. The zero-order valence-electron chi connectivity index (χ0n) is 16.3. The topological polar surface area (TPSA) is 91.8 Å². The quantitative estimate of drug-likeness (QED) is 0.741. The molecule has 1 fully saturated rings. The highest BCUT2D eigenvalue weighted by Crippen LogP contribution is 2.25. The molecule has 7 nitrogen and oxygen atoms in total. The van der Waals surface area contributed by atoms with Crippen LogP contribution in [-0.2, 0) is 9.59 Å². The maximum Gasteiger partial charge on any atom is 0.269 e. The van der Waals surface area contributed by atoms with Crippen LogP contribution in [0.3, 0.4) is 0 Å². The molecule has 0 spiro atoms. The van der Waals surface area contributed by atoms with Crippen LogP contribution in [0, 0.1) is 5.92 Å². The smallest absolute Gasteiger partial charge is 0.269 e. The van der Waals surface area contributed by atoms with Gasteiger partial charge >= 0.3 is 0 Å². The van der Waals surface area contributed by atoms with E-state index in [1.165, 1.54) is 0 Å². The Morgan fingerprint density at radius 2 is 1.93 bits per heavy atom. The molecule has 1 saturated heterocycles. The molecule has 4 rings (SSSR count). The van der Waals surface area contributed by atoms with Crippen molar-refractivity contribution in [3.05, 3.63) is 59.7 Å². The van der Waals surface area contributed by atoms with Gasteiger partial charge in [0.2, 0.25) is 12.1 Å². The summed E-state index contributed by atoms with van der Waals surface area (Å²) in [6.45, 7) is 1.61. The first-order valence-corrected chi connectivity index (χ1v) is 9.79. The molecule has 2 amide bonds. The Balaban J connectivity index is 1.70. The number of rotatable bonds is 4. The van der Waals surface area contributed by atoms with Gasteiger partial charge in [0.05, 0.1) is 18.5 Å². The van der Waals surface area contributed by atoms with Gasteiger partial charge in [0.1, 0.15) is 5.75 Å². The maximum absolute atomic E-state index is 12.8. The van der Waals surface area contributed by atoms with E-state index in [-0.39, 0.29) is 17.7 Å². The summed E-state index contributed by atoms with van der Waals surface area (Å²) < 4.78 is 5.34. The second kappa shape index (κ2) is 8.45. The first kappa shape index (κ1) is 19.1. The molecule has 2 aliphatic heterocycles. The molecule has 2 aliphatic rings. The van der Waals surface area contributed by atoms with E-state index >= 15 is 0 Å². The summed E-state index contributed by atoms with van der Waals surface area (Å²) in [6.07, 6.45) is 0.519. The highest BCUT2D eigenvalue weighted by Gasteiger charge is 2.30. The molecule has 2 aromatic carbocycles. The Hall–Kier alpha value is -3.19. The Morgan fingerprint density at radius 1 is 1.14 bits per heavy atom. The Morgan fingerprint density at radius 3 is 2.72 bits per heavy atom. The first-order valence-electron chi connectivity index (χ1n) is 9.79. The average molecular weight is 392 g/mol. The fourth-order valence-corrected chi connectivity index (χ4v) is 3.69. The summed E-state index contributed by atoms with van der Waals surface area (Å²) in [5.41, 5.74) is 2.91. The molecule has 7 heteroatoms. The lowest BCUT2D eigenvalue weighted by atomic mass is 9.97. The van der Waals surface area contributed by atoms with Crippen LogP contribution in [0.25, 0.3) is 0 Å². The molecule has 0 radical (unpaired) electrons. The molecule has 1 atom stereocenters. The zero-order valence-corrected chi connectivity index (χ0v) is 16.3. The van der Waals surface area contributed by atoms with Crippen LogP contribution in [0.2, 0.25) is 0 Å². The van der Waals surface area contributed by atoms with Gasteiger partial charge < -0.3 is 20.7 Å². The number of carbonyl (C=O) groups is 2. The van der Waals surface area contributed by atoms with Gasteiger partial charge in [-0.2, -0.15) is 0 Å². The van der Waals surface area contributed by atoms with Crippen LogP contribution in [0.1, 0.15) is 24.0 Å². The van der Waals surface area contributed by atoms with E-state index in [1.54, 1.807) is 7.11 Å². The van der Waals surface area contributed by atoms with Crippen molar-refractivity contribution in [3.8, 4) is 5.75 Å². The number of aliphatic imine (C=N–C) groups is 1. The van der Waals surface area contributed by atoms with Crippen molar-refractivity contribution in [2.45, 2.75) is 19.0 Å². The number of para-hydroxylation sites is 1. The van der Waals surface area contributed by atoms with Crippen molar-refractivity contribution in [1.29, 1.82) is 0 Å². The van der Waals surface area contributed by atoms with E-state index in [9.17, 15) is 9.59 Å². The third kappa shape index (κ3) is 4.14. The number of nitrogens with one attached hydrogen (secondary N) is 3. The predicted molar refractivity (Wildman–Crippen MR) is 111 cm³/mol. The first-order chi connectivity index (χ1) is 14.2. The van der Waals surface area contributed by atoms with Gasteiger partial charge in [0, 0.05) is 17.0 Å². The lowest BCUT2D eigenvalue weighted by Gasteiger charge is -2.23. The van der Waals surface area contributed by atoms with Crippen molar-refractivity contribution in [2.24, 2.45) is 10.9 Å². The second-order valence-corrected chi connectivity index (χ2v) is 7.18. The number of hydrogen-bond donors (Lipinski definition) is 3. The zero-order chi connectivity index (χ0) is 20.2. The Bertz CT molecular complexity index is 951. The summed E-state index contributed by atoms with van der Waals surface area (Å²) >= 11 is 0. The molecule has 1 unspecified atom stereocenters. The fourth-order valence-electron chi connectivity index (χ4n) is 3.69. The molecule has 3 N–H and O–H groups in total. The molecule has 0 saturated carbocycles.